The molecule has 1 saturated carbocycles. The fraction of sp³-hybridized carbons (Fsp3) is 0.529. The first-order valence-corrected chi connectivity index (χ1v) is 7.57. The molecular formula is C17H23NO3. The van der Waals surface area contributed by atoms with Gasteiger partial charge in [-0.1, -0.05) is 31.4 Å². The van der Waals surface area contributed by atoms with Crippen LogP contribution in [0.3, 0.4) is 0 Å². The largest absolute Gasteiger partial charge is 0.481 e. The van der Waals surface area contributed by atoms with Crippen LogP contribution in [0.2, 0.25) is 0 Å². The van der Waals surface area contributed by atoms with E-state index in [-0.39, 0.29) is 17.7 Å². The predicted molar refractivity (Wildman–Crippen MR) is 82.2 cm³/mol. The molecule has 0 heterocycles. The van der Waals surface area contributed by atoms with Gasteiger partial charge in [0.25, 0.3) is 0 Å². The van der Waals surface area contributed by atoms with Gasteiger partial charge in [0, 0.05) is 12.1 Å². The average Bonchev–Trinajstić information content (AvgIpc) is 2.38. The van der Waals surface area contributed by atoms with Gasteiger partial charge in [0.2, 0.25) is 5.91 Å². The third-order valence-corrected chi connectivity index (χ3v) is 4.28. The molecular weight excluding hydrogens is 266 g/mol. The lowest BCUT2D eigenvalue weighted by Crippen LogP contribution is -2.32. The summed E-state index contributed by atoms with van der Waals surface area (Å²) in [6.07, 6.45) is 5.24. The number of amides is 1. The lowest BCUT2D eigenvalue weighted by Gasteiger charge is -2.35. The zero-order chi connectivity index (χ0) is 15.3. The number of nitrogens with one attached hydrogen (secondary N) is 1. The number of aliphatic carboxylic acids is 1. The van der Waals surface area contributed by atoms with Crippen molar-refractivity contribution in [1.82, 2.24) is 0 Å². The Labute approximate surface area is 125 Å². The van der Waals surface area contributed by atoms with E-state index in [4.69, 9.17) is 5.11 Å². The summed E-state index contributed by atoms with van der Waals surface area (Å²) in [7, 11) is 0. The fourth-order valence-corrected chi connectivity index (χ4v) is 3.31. The maximum Gasteiger partial charge on any atom is 0.303 e. The number of carbonyl (C=O) groups excluding carboxylic acids is 1. The summed E-state index contributed by atoms with van der Waals surface area (Å²) in [5.74, 6) is -0.885. The summed E-state index contributed by atoms with van der Waals surface area (Å²) < 4.78 is 0. The van der Waals surface area contributed by atoms with Crippen molar-refractivity contribution in [3.8, 4) is 0 Å². The van der Waals surface area contributed by atoms with Crippen LogP contribution in [0.5, 0.6) is 0 Å². The average molecular weight is 289 g/mol. The van der Waals surface area contributed by atoms with E-state index < -0.39 is 5.97 Å². The first-order chi connectivity index (χ1) is 9.99. The maximum atomic E-state index is 12.3. The minimum atomic E-state index is -0.805. The monoisotopic (exact) mass is 289 g/mol. The second-order valence-corrected chi connectivity index (χ2v) is 6.23. The van der Waals surface area contributed by atoms with Crippen molar-refractivity contribution in [3.05, 3.63) is 29.8 Å². The molecule has 2 rings (SSSR count). The zero-order valence-electron chi connectivity index (χ0n) is 12.5. The molecule has 0 unspecified atom stereocenters. The number of benzene rings is 1. The Morgan fingerprint density at radius 2 is 1.90 bits per heavy atom. The molecule has 0 aliphatic heterocycles. The lowest BCUT2D eigenvalue weighted by atomic mass is 9.69. The van der Waals surface area contributed by atoms with Gasteiger partial charge >= 0.3 is 5.97 Å². The van der Waals surface area contributed by atoms with Gasteiger partial charge in [0.15, 0.2) is 0 Å². The molecule has 1 aromatic carbocycles. The Kier molecular flexibility index (Phi) is 4.99. The van der Waals surface area contributed by atoms with Gasteiger partial charge < -0.3 is 10.4 Å². The van der Waals surface area contributed by atoms with Crippen molar-refractivity contribution in [2.24, 2.45) is 5.41 Å². The minimum absolute atomic E-state index is 0.0799. The molecule has 0 radical (unpaired) electrons. The molecule has 4 nitrogen and oxygen atoms in total. The number of carboxylic acid groups (broad SMARTS) is 1. The molecule has 0 saturated heterocycles. The first kappa shape index (κ1) is 15.5. The SMILES string of the molecule is Cc1cccc(NC(=O)CC2(CC(=O)O)CCCCC2)c1. The molecule has 1 aromatic rings. The summed E-state index contributed by atoms with van der Waals surface area (Å²) in [5.41, 5.74) is 1.50. The molecule has 21 heavy (non-hydrogen) atoms. The molecule has 1 aliphatic rings. The van der Waals surface area contributed by atoms with Crippen LogP contribution in [0.1, 0.15) is 50.5 Å². The molecule has 1 aliphatic carbocycles. The Morgan fingerprint density at radius 3 is 2.52 bits per heavy atom. The molecule has 0 aromatic heterocycles. The molecule has 0 atom stereocenters. The second kappa shape index (κ2) is 6.74. The Balaban J connectivity index is 2.02. The van der Waals surface area contributed by atoms with Gasteiger partial charge in [-0.3, -0.25) is 9.59 Å². The Morgan fingerprint density at radius 1 is 1.19 bits per heavy atom. The third kappa shape index (κ3) is 4.59. The van der Waals surface area contributed by atoms with Crippen molar-refractivity contribution in [2.45, 2.75) is 51.9 Å². The molecule has 1 fully saturated rings. The van der Waals surface area contributed by atoms with Gasteiger partial charge in [0.05, 0.1) is 6.42 Å². The molecule has 0 bridgehead atoms. The lowest BCUT2D eigenvalue weighted by molar-refractivity contribution is -0.140. The number of hydrogen-bond acceptors (Lipinski definition) is 2. The van der Waals surface area contributed by atoms with Crippen LogP contribution < -0.4 is 5.32 Å². The van der Waals surface area contributed by atoms with Crippen LogP contribution in [0.15, 0.2) is 24.3 Å². The van der Waals surface area contributed by atoms with E-state index in [1.165, 1.54) is 0 Å². The first-order valence-electron chi connectivity index (χ1n) is 7.57. The predicted octanol–water partition coefficient (Wildman–Crippen LogP) is 3.75. The van der Waals surface area contributed by atoms with Crippen LogP contribution in [-0.2, 0) is 9.59 Å². The second-order valence-electron chi connectivity index (χ2n) is 6.23. The van der Waals surface area contributed by atoms with Crippen molar-refractivity contribution in [1.29, 1.82) is 0 Å². The van der Waals surface area contributed by atoms with Crippen LogP contribution in [0.4, 0.5) is 5.69 Å². The number of anilines is 1. The van der Waals surface area contributed by atoms with Gasteiger partial charge in [-0.25, -0.2) is 0 Å². The van der Waals surface area contributed by atoms with E-state index in [0.717, 1.165) is 43.4 Å². The molecule has 4 heteroatoms. The Bertz CT molecular complexity index is 519. The highest BCUT2D eigenvalue weighted by molar-refractivity contribution is 5.91. The quantitative estimate of drug-likeness (QED) is 0.867. The number of hydrogen-bond donors (Lipinski definition) is 2. The zero-order valence-corrected chi connectivity index (χ0v) is 12.5. The summed E-state index contributed by atoms with van der Waals surface area (Å²) >= 11 is 0. The van der Waals surface area contributed by atoms with E-state index >= 15 is 0 Å². The number of rotatable bonds is 5. The number of carboxylic acids is 1. The maximum absolute atomic E-state index is 12.3. The van der Waals surface area contributed by atoms with E-state index in [9.17, 15) is 9.59 Å². The normalized spacial score (nSPS) is 17.2. The molecule has 2 N–H and O–H groups in total. The fourth-order valence-electron chi connectivity index (χ4n) is 3.31. The molecule has 1 amide bonds. The third-order valence-electron chi connectivity index (χ3n) is 4.28. The van der Waals surface area contributed by atoms with Crippen LogP contribution in [0.25, 0.3) is 0 Å². The number of carbonyl (C=O) groups is 2. The molecule has 114 valence electrons. The summed E-state index contributed by atoms with van der Waals surface area (Å²) in [6, 6.07) is 7.65. The van der Waals surface area contributed by atoms with Crippen molar-refractivity contribution in [2.75, 3.05) is 5.32 Å². The minimum Gasteiger partial charge on any atom is -0.481 e. The van der Waals surface area contributed by atoms with E-state index in [1.54, 1.807) is 0 Å². The van der Waals surface area contributed by atoms with Crippen LogP contribution >= 0.6 is 0 Å². The van der Waals surface area contributed by atoms with Crippen molar-refractivity contribution >= 4 is 17.6 Å². The molecule has 0 spiro atoms. The summed E-state index contributed by atoms with van der Waals surface area (Å²) in [4.78, 5) is 23.4. The van der Waals surface area contributed by atoms with Crippen LogP contribution in [-0.4, -0.2) is 17.0 Å². The van der Waals surface area contributed by atoms with Crippen LogP contribution in [0, 0.1) is 12.3 Å². The van der Waals surface area contributed by atoms with E-state index in [0.29, 0.717) is 6.42 Å². The standard InChI is InChI=1S/C17H23NO3/c1-13-6-5-7-14(10-13)18-15(19)11-17(12-16(20)21)8-3-2-4-9-17/h5-7,10H,2-4,8-9,11-12H2,1H3,(H,18,19)(H,20,21). The van der Waals surface area contributed by atoms with Gasteiger partial charge in [-0.15, -0.1) is 0 Å². The van der Waals surface area contributed by atoms with Gasteiger partial charge in [-0.05, 0) is 42.9 Å². The van der Waals surface area contributed by atoms with Gasteiger partial charge in [-0.2, -0.15) is 0 Å². The van der Waals surface area contributed by atoms with Gasteiger partial charge in [0.1, 0.15) is 0 Å². The number of aryl methyl sites for hydroxylation is 1. The van der Waals surface area contributed by atoms with E-state index in [1.807, 2.05) is 31.2 Å². The highest BCUT2D eigenvalue weighted by Crippen LogP contribution is 2.42. The van der Waals surface area contributed by atoms with E-state index in [2.05, 4.69) is 5.32 Å². The highest BCUT2D eigenvalue weighted by atomic mass is 16.4. The van der Waals surface area contributed by atoms with Crippen molar-refractivity contribution in [3.63, 3.8) is 0 Å². The highest BCUT2D eigenvalue weighted by Gasteiger charge is 2.36. The van der Waals surface area contributed by atoms with Crippen molar-refractivity contribution < 1.29 is 14.7 Å². The Hall–Kier alpha value is -1.84. The topological polar surface area (TPSA) is 66.4 Å². The summed E-state index contributed by atoms with van der Waals surface area (Å²) in [5, 5.41) is 12.0. The smallest absolute Gasteiger partial charge is 0.303 e. The summed E-state index contributed by atoms with van der Waals surface area (Å²) in [6.45, 7) is 1.97.